The third-order valence-electron chi connectivity index (χ3n) is 7.31. The summed E-state index contributed by atoms with van der Waals surface area (Å²) in [5.41, 5.74) is 0.474. The predicted molar refractivity (Wildman–Crippen MR) is 139 cm³/mol. The number of hydrogen-bond acceptors (Lipinski definition) is 6. The second-order valence-electron chi connectivity index (χ2n) is 10.0. The minimum Gasteiger partial charge on any atom is -0.330 e. The number of nitrogens with one attached hydrogen (secondary N) is 1. The molecule has 3 N–H and O–H groups in total. The number of allylic oxidation sites excluding steroid dienone is 1. The molecule has 1 fully saturated rings. The van der Waals surface area contributed by atoms with Crippen molar-refractivity contribution >= 4 is 29.7 Å². The molecule has 3 aliphatic rings. The molecule has 1 aromatic carbocycles. The van der Waals surface area contributed by atoms with Crippen molar-refractivity contribution in [1.29, 1.82) is 0 Å². The van der Waals surface area contributed by atoms with E-state index in [1.807, 2.05) is 0 Å². The van der Waals surface area contributed by atoms with Gasteiger partial charge in [-0.25, -0.2) is 4.98 Å². The molecule has 220 valence electrons. The van der Waals surface area contributed by atoms with Crippen molar-refractivity contribution in [3.8, 4) is 0 Å². The van der Waals surface area contributed by atoms with Gasteiger partial charge in [0.1, 0.15) is 23.8 Å². The van der Waals surface area contributed by atoms with E-state index in [2.05, 4.69) is 15.3 Å². The second kappa shape index (κ2) is 10.5. The number of likely N-dealkylation sites (tertiary alicyclic amines) is 1. The Morgan fingerprint density at radius 2 is 1.79 bits per heavy atom. The number of rotatable bonds is 4. The molecule has 0 saturated carbocycles. The first-order valence-corrected chi connectivity index (χ1v) is 12.7. The van der Waals surface area contributed by atoms with Crippen molar-refractivity contribution in [3.63, 3.8) is 0 Å². The number of piperidine rings is 1. The monoisotopic (exact) mass is 592 g/mol. The van der Waals surface area contributed by atoms with Crippen LogP contribution in [-0.4, -0.2) is 57.1 Å². The maximum Gasteiger partial charge on any atom is 0.416 e. The van der Waals surface area contributed by atoms with Gasteiger partial charge in [0, 0.05) is 31.1 Å². The van der Waals surface area contributed by atoms with Gasteiger partial charge in [0.25, 0.3) is 11.7 Å². The highest BCUT2D eigenvalue weighted by Gasteiger charge is 2.51. The Balaban J connectivity index is 1.40. The van der Waals surface area contributed by atoms with Crippen molar-refractivity contribution < 1.29 is 40.5 Å². The first-order valence-electron chi connectivity index (χ1n) is 12.7. The van der Waals surface area contributed by atoms with E-state index in [1.54, 1.807) is 18.3 Å². The average molecular weight is 593 g/mol. The number of alkyl halides is 6. The third-order valence-corrected chi connectivity index (χ3v) is 7.31. The van der Waals surface area contributed by atoms with Crippen LogP contribution in [0.25, 0.3) is 0 Å². The topological polar surface area (TPSA) is 113 Å². The molecule has 5 rings (SSSR count). The summed E-state index contributed by atoms with van der Waals surface area (Å²) in [4.78, 5) is 38.2. The zero-order valence-electron chi connectivity index (χ0n) is 21.9. The number of carbonyl (C=O) groups is 2. The van der Waals surface area contributed by atoms with Gasteiger partial charge in [0.2, 0.25) is 11.6 Å². The van der Waals surface area contributed by atoms with Crippen LogP contribution in [0.1, 0.15) is 41.3 Å². The number of pyridine rings is 1. The summed E-state index contributed by atoms with van der Waals surface area (Å²) >= 11 is 0. The van der Waals surface area contributed by atoms with Crippen LogP contribution in [0.4, 0.5) is 32.2 Å². The highest BCUT2D eigenvalue weighted by molar-refractivity contribution is 6.05. The van der Waals surface area contributed by atoms with Crippen molar-refractivity contribution in [2.45, 2.75) is 38.2 Å². The Bertz CT molecular complexity index is 1550. The fourth-order valence-electron chi connectivity index (χ4n) is 5.22. The van der Waals surface area contributed by atoms with Gasteiger partial charge < -0.3 is 10.2 Å². The number of fused-ring (bicyclic) bond motifs is 1. The molecule has 15 heteroatoms. The van der Waals surface area contributed by atoms with E-state index >= 15 is 0 Å². The van der Waals surface area contributed by atoms with Crippen molar-refractivity contribution in [1.82, 2.24) is 9.88 Å². The Morgan fingerprint density at radius 1 is 1.07 bits per heavy atom. The molecule has 0 aliphatic carbocycles. The number of aliphatic imine (C=N–C) groups is 2. The number of quaternary nitrogens is 1. The van der Waals surface area contributed by atoms with Gasteiger partial charge in [-0.1, -0.05) is 0 Å². The van der Waals surface area contributed by atoms with Crippen LogP contribution in [0.5, 0.6) is 0 Å². The quantitative estimate of drug-likeness (QED) is 0.303. The lowest BCUT2D eigenvalue weighted by Crippen LogP contribution is -2.54. The van der Waals surface area contributed by atoms with Crippen LogP contribution >= 0.6 is 0 Å². The van der Waals surface area contributed by atoms with E-state index in [0.717, 1.165) is 30.2 Å². The smallest absolute Gasteiger partial charge is 0.330 e. The zero-order valence-corrected chi connectivity index (χ0v) is 21.9. The van der Waals surface area contributed by atoms with Crippen LogP contribution in [0, 0.1) is 5.92 Å². The van der Waals surface area contributed by atoms with Crippen LogP contribution < -0.4 is 11.2 Å². The Kier molecular flexibility index (Phi) is 7.27. The predicted octanol–water partition coefficient (Wildman–Crippen LogP) is 4.76. The van der Waals surface area contributed by atoms with Gasteiger partial charge in [0.05, 0.1) is 23.5 Å². The van der Waals surface area contributed by atoms with Gasteiger partial charge in [-0.3, -0.25) is 14.6 Å². The minimum absolute atomic E-state index is 0.115. The number of benzene rings is 1. The molecule has 1 aromatic heterocycles. The molecule has 2 aromatic rings. The summed E-state index contributed by atoms with van der Waals surface area (Å²) in [7, 11) is 0. The van der Waals surface area contributed by atoms with Crippen molar-refractivity contribution in [2.75, 3.05) is 11.9 Å². The number of anilines is 1. The van der Waals surface area contributed by atoms with Crippen molar-refractivity contribution in [3.05, 3.63) is 83.1 Å². The molecule has 0 radical (unpaired) electrons. The maximum absolute atomic E-state index is 13.6. The average Bonchev–Trinajstić information content (AvgIpc) is 3.25. The Morgan fingerprint density at radius 3 is 2.43 bits per heavy atom. The molecule has 0 spiro atoms. The number of halogens is 6. The highest BCUT2D eigenvalue weighted by atomic mass is 19.4. The highest BCUT2D eigenvalue weighted by Crippen LogP contribution is 2.41. The minimum atomic E-state index is -4.60. The van der Waals surface area contributed by atoms with E-state index in [0.29, 0.717) is 22.8 Å². The standard InChI is InChI=1S/C27H23F6N7O2/c1-15(41)39-14-18(6-7-21(39)27(31,32)33)23-20-13-35-10-11-40(20,34)24(38-23)16-2-4-17(5-3-16)25(42)37-22-12-19(8-9-36-22)26(28,29)30/h2-5,8-13,18,21H,6-7,14,34H2,1H3/p+1/t18-,21+,40?/m0/s1. The maximum atomic E-state index is 13.6. The van der Waals surface area contributed by atoms with Crippen molar-refractivity contribution in [2.24, 2.45) is 21.7 Å². The van der Waals surface area contributed by atoms with E-state index < -0.39 is 46.3 Å². The molecule has 9 nitrogen and oxygen atoms in total. The molecule has 2 amide bonds. The van der Waals surface area contributed by atoms with Gasteiger partial charge in [-0.05, 0) is 49.2 Å². The molecular weight excluding hydrogens is 568 g/mol. The van der Waals surface area contributed by atoms with Crippen LogP contribution in [0.3, 0.4) is 0 Å². The van der Waals surface area contributed by atoms with Gasteiger partial charge in [-0.15, -0.1) is 4.59 Å². The number of amidine groups is 1. The number of nitrogens with zero attached hydrogens (tertiary/aromatic N) is 5. The first-order chi connectivity index (χ1) is 19.7. The lowest BCUT2D eigenvalue weighted by molar-refractivity contribution is -0.750. The third kappa shape index (κ3) is 5.44. The fraction of sp³-hybridized carbons (Fsp3) is 0.296. The molecule has 42 heavy (non-hydrogen) atoms. The summed E-state index contributed by atoms with van der Waals surface area (Å²) in [6.07, 6.45) is -3.93. The number of aromatic nitrogens is 1. The fourth-order valence-corrected chi connectivity index (χ4v) is 5.22. The normalized spacial score (nSPS) is 24.0. The van der Waals surface area contributed by atoms with Crippen LogP contribution in [0.2, 0.25) is 0 Å². The zero-order chi connectivity index (χ0) is 30.4. The largest absolute Gasteiger partial charge is 0.416 e. The summed E-state index contributed by atoms with van der Waals surface area (Å²) < 4.78 is 79.3. The summed E-state index contributed by atoms with van der Waals surface area (Å²) in [5, 5.41) is 2.33. The van der Waals surface area contributed by atoms with E-state index in [9.17, 15) is 35.9 Å². The van der Waals surface area contributed by atoms with Gasteiger partial charge >= 0.3 is 12.4 Å². The molecule has 3 aliphatic heterocycles. The van der Waals surface area contributed by atoms with Crippen LogP contribution in [0.15, 0.2) is 76.4 Å². The molecule has 0 bridgehead atoms. The van der Waals surface area contributed by atoms with Gasteiger partial charge in [-0.2, -0.15) is 37.2 Å². The number of nitrogens with two attached hydrogens (primary N) is 1. The molecule has 3 atom stereocenters. The molecule has 1 saturated heterocycles. The number of amides is 2. The SMILES string of the molecule is CC(=O)N1C[C@@H](C2=C3C=NC=C[N+]3(N)C(c3ccc(C(=O)Nc4cc(C(F)(F)F)ccn4)cc3)=N2)CC[C@@H]1C(F)(F)F. The lowest BCUT2D eigenvalue weighted by atomic mass is 9.89. The Hall–Kier alpha value is -4.37. The number of hydrogen-bond donors (Lipinski definition) is 2. The van der Waals surface area contributed by atoms with E-state index in [-0.39, 0.29) is 30.8 Å². The summed E-state index contributed by atoms with van der Waals surface area (Å²) in [5.74, 6) is 4.80. The first kappa shape index (κ1) is 29.1. The van der Waals surface area contributed by atoms with E-state index in [1.165, 1.54) is 24.5 Å². The van der Waals surface area contributed by atoms with Gasteiger partial charge in [0.15, 0.2) is 0 Å². The van der Waals surface area contributed by atoms with Crippen LogP contribution in [-0.2, 0) is 11.0 Å². The lowest BCUT2D eigenvalue weighted by Gasteiger charge is -2.39. The summed E-state index contributed by atoms with van der Waals surface area (Å²) in [6, 6.07) is 5.57. The molecule has 1 unspecified atom stereocenters. The number of carbonyl (C=O) groups excluding carboxylic acids is 2. The molecular formula is C27H24F6N7O2+. The molecule has 4 heterocycles. The second-order valence-corrected chi connectivity index (χ2v) is 10.0. The van der Waals surface area contributed by atoms with E-state index in [4.69, 9.17) is 10.8 Å². The Labute approximate surface area is 235 Å². The summed E-state index contributed by atoms with van der Waals surface area (Å²) in [6.45, 7) is 0.895.